The Labute approximate surface area is 99.0 Å². The summed E-state index contributed by atoms with van der Waals surface area (Å²) in [5.74, 6) is -1.11. The van der Waals surface area contributed by atoms with Gasteiger partial charge in [-0.25, -0.2) is 4.39 Å². The van der Waals surface area contributed by atoms with E-state index in [-0.39, 0.29) is 23.3 Å². The van der Waals surface area contributed by atoms with E-state index in [1.165, 1.54) is 12.1 Å². The Balaban J connectivity index is 2.24. The van der Waals surface area contributed by atoms with Crippen LogP contribution in [0.5, 0.6) is 5.75 Å². The van der Waals surface area contributed by atoms with E-state index in [0.29, 0.717) is 6.54 Å². The average molecular weight is 238 g/mol. The molecular weight excluding hydrogens is 223 g/mol. The molecule has 1 amide bonds. The number of amides is 1. The lowest BCUT2D eigenvalue weighted by molar-refractivity contribution is 0.0652. The molecule has 1 atom stereocenters. The maximum atomic E-state index is 12.8. The quantitative estimate of drug-likeness (QED) is 0.766. The van der Waals surface area contributed by atoms with E-state index >= 15 is 0 Å². The van der Waals surface area contributed by atoms with Gasteiger partial charge in [-0.05, 0) is 19.1 Å². The van der Waals surface area contributed by atoms with Crippen molar-refractivity contribution in [2.45, 2.75) is 13.0 Å². The van der Waals surface area contributed by atoms with Crippen molar-refractivity contribution in [1.29, 1.82) is 0 Å². The van der Waals surface area contributed by atoms with Gasteiger partial charge in [-0.2, -0.15) is 0 Å². The number of nitrogens with one attached hydrogen (secondary N) is 1. The molecule has 2 N–H and O–H groups in total. The lowest BCUT2D eigenvalue weighted by atomic mass is 10.1. The predicted molar refractivity (Wildman–Crippen MR) is 61.4 cm³/mol. The number of halogens is 1. The van der Waals surface area contributed by atoms with Crippen molar-refractivity contribution in [1.82, 2.24) is 10.2 Å². The summed E-state index contributed by atoms with van der Waals surface area (Å²) in [5.41, 5.74) is 0.153. The topological polar surface area (TPSA) is 52.6 Å². The molecule has 0 bridgehead atoms. The Hall–Kier alpha value is -1.62. The van der Waals surface area contributed by atoms with E-state index in [1.807, 2.05) is 6.92 Å². The Kier molecular flexibility index (Phi) is 3.28. The van der Waals surface area contributed by atoms with Crippen molar-refractivity contribution >= 4 is 5.91 Å². The largest absolute Gasteiger partial charge is 0.507 e. The molecular formula is C12H15FN2O2. The van der Waals surface area contributed by atoms with Crippen molar-refractivity contribution < 1.29 is 14.3 Å². The van der Waals surface area contributed by atoms with E-state index in [9.17, 15) is 14.3 Å². The third-order valence-corrected chi connectivity index (χ3v) is 2.95. The lowest BCUT2D eigenvalue weighted by Gasteiger charge is -2.34. The summed E-state index contributed by atoms with van der Waals surface area (Å²) in [6.45, 7) is 3.99. The van der Waals surface area contributed by atoms with Crippen LogP contribution in [0, 0.1) is 5.82 Å². The van der Waals surface area contributed by atoms with E-state index < -0.39 is 5.82 Å². The molecule has 0 aromatic heterocycles. The molecule has 1 aromatic carbocycles. The molecule has 1 heterocycles. The van der Waals surface area contributed by atoms with Crippen molar-refractivity contribution in [2.75, 3.05) is 19.6 Å². The van der Waals surface area contributed by atoms with Gasteiger partial charge < -0.3 is 15.3 Å². The zero-order chi connectivity index (χ0) is 12.4. The van der Waals surface area contributed by atoms with Crippen LogP contribution in [0.3, 0.4) is 0 Å². The maximum Gasteiger partial charge on any atom is 0.257 e. The molecule has 1 aromatic rings. The van der Waals surface area contributed by atoms with Crippen LogP contribution >= 0.6 is 0 Å². The number of phenolic OH excluding ortho intramolecular Hbond substituents is 1. The molecule has 4 nitrogen and oxygen atoms in total. The van der Waals surface area contributed by atoms with E-state index in [4.69, 9.17) is 0 Å². The van der Waals surface area contributed by atoms with Gasteiger partial charge >= 0.3 is 0 Å². The Bertz CT molecular complexity index is 437. The molecule has 1 fully saturated rings. The predicted octanol–water partition coefficient (Wildman–Crippen LogP) is 0.965. The molecule has 0 saturated carbocycles. The molecule has 5 heteroatoms. The van der Waals surface area contributed by atoms with Crippen molar-refractivity contribution in [3.8, 4) is 5.75 Å². The highest BCUT2D eigenvalue weighted by Gasteiger charge is 2.25. The van der Waals surface area contributed by atoms with Gasteiger partial charge in [-0.15, -0.1) is 0 Å². The van der Waals surface area contributed by atoms with Gasteiger partial charge in [0.25, 0.3) is 5.91 Å². The van der Waals surface area contributed by atoms with E-state index in [2.05, 4.69) is 5.32 Å². The molecule has 92 valence electrons. The highest BCUT2D eigenvalue weighted by atomic mass is 19.1. The molecule has 2 rings (SSSR count). The Morgan fingerprint density at radius 1 is 1.59 bits per heavy atom. The summed E-state index contributed by atoms with van der Waals surface area (Å²) in [5, 5.41) is 12.8. The number of benzene rings is 1. The number of carbonyl (C=O) groups excluding carboxylic acids is 1. The van der Waals surface area contributed by atoms with Crippen LogP contribution in [0.1, 0.15) is 17.3 Å². The normalized spacial score (nSPS) is 20.4. The number of phenols is 1. The van der Waals surface area contributed by atoms with Crippen molar-refractivity contribution in [3.63, 3.8) is 0 Å². The molecule has 1 aliphatic rings. The minimum Gasteiger partial charge on any atom is -0.507 e. The number of piperazine rings is 1. The van der Waals surface area contributed by atoms with Gasteiger partial charge in [0.05, 0.1) is 5.56 Å². The summed E-state index contributed by atoms with van der Waals surface area (Å²) in [4.78, 5) is 13.8. The minimum atomic E-state index is -0.549. The third kappa shape index (κ3) is 2.39. The number of hydrogen-bond donors (Lipinski definition) is 2. The van der Waals surface area contributed by atoms with Crippen LogP contribution in [0.15, 0.2) is 18.2 Å². The van der Waals surface area contributed by atoms with Crippen molar-refractivity contribution in [2.24, 2.45) is 0 Å². The van der Waals surface area contributed by atoms with E-state index in [1.54, 1.807) is 4.90 Å². The zero-order valence-electron chi connectivity index (χ0n) is 9.61. The SMILES string of the molecule is C[C@@H]1CNCCN1C(=O)c1ccc(F)cc1O. The second-order valence-corrected chi connectivity index (χ2v) is 4.21. The number of carbonyl (C=O) groups is 1. The molecule has 0 unspecified atom stereocenters. The van der Waals surface area contributed by atoms with Crippen LogP contribution in [0.25, 0.3) is 0 Å². The van der Waals surface area contributed by atoms with Gasteiger partial charge in [0, 0.05) is 31.7 Å². The lowest BCUT2D eigenvalue weighted by Crippen LogP contribution is -2.52. The summed E-state index contributed by atoms with van der Waals surface area (Å²) in [7, 11) is 0. The molecule has 0 radical (unpaired) electrons. The minimum absolute atomic E-state index is 0.0701. The zero-order valence-corrected chi connectivity index (χ0v) is 9.61. The van der Waals surface area contributed by atoms with Crippen LogP contribution < -0.4 is 5.32 Å². The number of rotatable bonds is 1. The third-order valence-electron chi connectivity index (χ3n) is 2.95. The second kappa shape index (κ2) is 4.71. The maximum absolute atomic E-state index is 12.8. The fourth-order valence-electron chi connectivity index (χ4n) is 1.98. The highest BCUT2D eigenvalue weighted by Crippen LogP contribution is 2.21. The summed E-state index contributed by atoms with van der Waals surface area (Å²) in [6.07, 6.45) is 0. The molecule has 17 heavy (non-hydrogen) atoms. The summed E-state index contributed by atoms with van der Waals surface area (Å²) < 4.78 is 12.8. The standard InChI is InChI=1S/C12H15FN2O2/c1-8-7-14-4-5-15(8)12(17)10-3-2-9(13)6-11(10)16/h2-3,6,8,14,16H,4-5,7H2,1H3/t8-/m1/s1. The van der Waals surface area contributed by atoms with E-state index in [0.717, 1.165) is 19.2 Å². The van der Waals surface area contributed by atoms with Gasteiger partial charge in [0.2, 0.25) is 0 Å². The number of nitrogens with zero attached hydrogens (tertiary/aromatic N) is 1. The molecule has 0 aliphatic carbocycles. The molecule has 1 saturated heterocycles. The second-order valence-electron chi connectivity index (χ2n) is 4.21. The van der Waals surface area contributed by atoms with Gasteiger partial charge in [0.15, 0.2) is 0 Å². The summed E-state index contributed by atoms with van der Waals surface area (Å²) in [6, 6.07) is 3.53. The Morgan fingerprint density at radius 3 is 3.00 bits per heavy atom. The van der Waals surface area contributed by atoms with Crippen LogP contribution in [-0.2, 0) is 0 Å². The average Bonchev–Trinajstić information content (AvgIpc) is 2.29. The first-order valence-electron chi connectivity index (χ1n) is 5.60. The highest BCUT2D eigenvalue weighted by molar-refractivity contribution is 5.97. The first-order valence-corrected chi connectivity index (χ1v) is 5.60. The first-order chi connectivity index (χ1) is 8.09. The Morgan fingerprint density at radius 2 is 2.35 bits per heavy atom. The molecule has 1 aliphatic heterocycles. The fraction of sp³-hybridized carbons (Fsp3) is 0.417. The smallest absolute Gasteiger partial charge is 0.257 e. The van der Waals surface area contributed by atoms with Gasteiger partial charge in [0.1, 0.15) is 11.6 Å². The number of aromatic hydroxyl groups is 1. The van der Waals surface area contributed by atoms with Crippen LogP contribution in [-0.4, -0.2) is 41.6 Å². The van der Waals surface area contributed by atoms with Gasteiger partial charge in [-0.3, -0.25) is 4.79 Å². The summed E-state index contributed by atoms with van der Waals surface area (Å²) >= 11 is 0. The monoisotopic (exact) mass is 238 g/mol. The van der Waals surface area contributed by atoms with Crippen LogP contribution in [0.4, 0.5) is 4.39 Å². The molecule has 0 spiro atoms. The number of hydrogen-bond acceptors (Lipinski definition) is 3. The fourth-order valence-corrected chi connectivity index (χ4v) is 1.98. The van der Waals surface area contributed by atoms with Crippen molar-refractivity contribution in [3.05, 3.63) is 29.6 Å². The van der Waals surface area contributed by atoms with Gasteiger partial charge in [-0.1, -0.05) is 0 Å². The van der Waals surface area contributed by atoms with Crippen LogP contribution in [0.2, 0.25) is 0 Å². The first kappa shape index (κ1) is 11.9.